The molecule has 0 saturated carbocycles. The quantitative estimate of drug-likeness (QED) is 0.553. The predicted molar refractivity (Wildman–Crippen MR) is 114 cm³/mol. The van der Waals surface area contributed by atoms with Gasteiger partial charge in [0.2, 0.25) is 5.43 Å². The number of carbonyl (C=O) groups excluding carboxylic acids is 1. The molecule has 0 aliphatic carbocycles. The van der Waals surface area contributed by atoms with Gasteiger partial charge in [-0.3, -0.25) is 19.3 Å². The molecule has 0 aromatic carbocycles. The Morgan fingerprint density at radius 2 is 1.97 bits per heavy atom. The Kier molecular flexibility index (Phi) is 5.14. The molecule has 0 aliphatic heterocycles. The molecule has 0 spiro atoms. The molecule has 4 aromatic rings. The van der Waals surface area contributed by atoms with E-state index in [0.29, 0.717) is 17.6 Å². The van der Waals surface area contributed by atoms with Crippen LogP contribution in [0.1, 0.15) is 28.5 Å². The highest BCUT2D eigenvalue weighted by atomic mass is 16.2. The maximum Gasteiger partial charge on any atom is 0.257 e. The van der Waals surface area contributed by atoms with E-state index < -0.39 is 5.91 Å². The summed E-state index contributed by atoms with van der Waals surface area (Å²) in [6, 6.07) is 5.45. The Bertz CT molecular complexity index is 1300. The second kappa shape index (κ2) is 7.90. The molecule has 0 aliphatic rings. The van der Waals surface area contributed by atoms with Crippen molar-refractivity contribution in [1.82, 2.24) is 29.6 Å². The van der Waals surface area contributed by atoms with Crippen molar-refractivity contribution < 1.29 is 4.79 Å². The first-order valence-corrected chi connectivity index (χ1v) is 9.68. The molecule has 30 heavy (non-hydrogen) atoms. The summed E-state index contributed by atoms with van der Waals surface area (Å²) in [6.45, 7) is 4.68. The molecule has 0 saturated heterocycles. The van der Waals surface area contributed by atoms with Crippen LogP contribution in [-0.2, 0) is 20.1 Å². The van der Waals surface area contributed by atoms with Gasteiger partial charge in [0.1, 0.15) is 11.2 Å². The van der Waals surface area contributed by atoms with Crippen LogP contribution in [0.15, 0.2) is 54.0 Å². The molecule has 8 heteroatoms. The fourth-order valence-corrected chi connectivity index (χ4v) is 3.35. The van der Waals surface area contributed by atoms with Crippen LogP contribution in [0.25, 0.3) is 22.2 Å². The topological polar surface area (TPSA) is 94.7 Å². The lowest BCUT2D eigenvalue weighted by molar-refractivity contribution is 0.0949. The fourth-order valence-electron chi connectivity index (χ4n) is 3.35. The van der Waals surface area contributed by atoms with Crippen LogP contribution in [0.2, 0.25) is 0 Å². The van der Waals surface area contributed by atoms with Gasteiger partial charge >= 0.3 is 0 Å². The lowest BCUT2D eigenvalue weighted by atomic mass is 10.1. The summed E-state index contributed by atoms with van der Waals surface area (Å²) in [4.78, 5) is 34.4. The Morgan fingerprint density at radius 1 is 1.13 bits per heavy atom. The number of aromatic nitrogens is 5. The monoisotopic (exact) mass is 402 g/mol. The van der Waals surface area contributed by atoms with Crippen LogP contribution in [0, 0.1) is 6.92 Å². The highest BCUT2D eigenvalue weighted by Gasteiger charge is 2.16. The van der Waals surface area contributed by atoms with Gasteiger partial charge in [-0.05, 0) is 37.6 Å². The second-order valence-electron chi connectivity index (χ2n) is 7.15. The maximum atomic E-state index is 12.9. The van der Waals surface area contributed by atoms with E-state index in [0.717, 1.165) is 22.4 Å². The lowest BCUT2D eigenvalue weighted by Gasteiger charge is -2.12. The van der Waals surface area contributed by atoms with Crippen LogP contribution in [0.5, 0.6) is 0 Å². The van der Waals surface area contributed by atoms with Gasteiger partial charge < -0.3 is 9.88 Å². The van der Waals surface area contributed by atoms with Gasteiger partial charge in [0.15, 0.2) is 0 Å². The van der Waals surface area contributed by atoms with Crippen LogP contribution in [-0.4, -0.2) is 30.2 Å². The van der Waals surface area contributed by atoms with Crippen LogP contribution in [0.4, 0.5) is 0 Å². The van der Waals surface area contributed by atoms with Gasteiger partial charge in [-0.1, -0.05) is 0 Å². The fraction of sp³-hybridized carbons (Fsp3) is 0.227. The first kappa shape index (κ1) is 19.5. The second-order valence-corrected chi connectivity index (χ2v) is 7.15. The molecule has 0 unspecified atom stereocenters. The van der Waals surface area contributed by atoms with Gasteiger partial charge in [-0.15, -0.1) is 0 Å². The minimum absolute atomic E-state index is 0.103. The number of carbonyl (C=O) groups is 1. The van der Waals surface area contributed by atoms with E-state index in [9.17, 15) is 9.59 Å². The molecule has 0 bridgehead atoms. The number of nitrogens with one attached hydrogen (secondary N) is 1. The molecular formula is C22H22N6O2. The Hall–Kier alpha value is -3.81. The van der Waals surface area contributed by atoms with Crippen LogP contribution < -0.4 is 10.7 Å². The van der Waals surface area contributed by atoms with Crippen molar-refractivity contribution in [2.24, 2.45) is 7.05 Å². The zero-order valence-corrected chi connectivity index (χ0v) is 17.1. The van der Waals surface area contributed by atoms with Crippen LogP contribution >= 0.6 is 0 Å². The Morgan fingerprint density at radius 3 is 2.70 bits per heavy atom. The van der Waals surface area contributed by atoms with Crippen molar-refractivity contribution >= 4 is 16.9 Å². The molecule has 152 valence electrons. The van der Waals surface area contributed by atoms with E-state index in [1.165, 1.54) is 0 Å². The number of hydrogen-bond acceptors (Lipinski definition) is 5. The molecule has 8 nitrogen and oxygen atoms in total. The summed E-state index contributed by atoms with van der Waals surface area (Å²) in [7, 11) is 1.85. The van der Waals surface area contributed by atoms with Crippen molar-refractivity contribution in [3.8, 4) is 11.1 Å². The number of fused-ring (bicyclic) bond motifs is 1. The minimum Gasteiger partial charge on any atom is -0.348 e. The highest BCUT2D eigenvalue weighted by Crippen LogP contribution is 2.18. The van der Waals surface area contributed by atoms with Crippen LogP contribution in [0.3, 0.4) is 0 Å². The molecule has 0 radical (unpaired) electrons. The highest BCUT2D eigenvalue weighted by molar-refractivity contribution is 5.96. The van der Waals surface area contributed by atoms with Crippen molar-refractivity contribution in [1.29, 1.82) is 0 Å². The number of nitrogens with zero attached hydrogens (tertiary/aromatic N) is 5. The van der Waals surface area contributed by atoms with Gasteiger partial charge in [-0.25, -0.2) is 4.98 Å². The zero-order valence-electron chi connectivity index (χ0n) is 17.1. The summed E-state index contributed by atoms with van der Waals surface area (Å²) in [5.41, 5.74) is 3.89. The van der Waals surface area contributed by atoms with E-state index in [1.807, 2.05) is 37.7 Å². The largest absolute Gasteiger partial charge is 0.348 e. The van der Waals surface area contributed by atoms with E-state index in [4.69, 9.17) is 0 Å². The summed E-state index contributed by atoms with van der Waals surface area (Å²) >= 11 is 0. The average Bonchev–Trinajstić information content (AvgIpc) is 3.19. The molecule has 4 aromatic heterocycles. The number of pyridine rings is 3. The summed E-state index contributed by atoms with van der Waals surface area (Å²) in [5, 5.41) is 7.44. The number of rotatable bonds is 5. The van der Waals surface area contributed by atoms with E-state index in [1.54, 1.807) is 41.6 Å². The summed E-state index contributed by atoms with van der Waals surface area (Å²) in [5.74, 6) is -0.420. The third-order valence-corrected chi connectivity index (χ3v) is 4.93. The smallest absolute Gasteiger partial charge is 0.257 e. The maximum absolute atomic E-state index is 12.9. The summed E-state index contributed by atoms with van der Waals surface area (Å²) in [6.07, 6.45) is 8.68. The van der Waals surface area contributed by atoms with Gasteiger partial charge in [0, 0.05) is 61.7 Å². The third-order valence-electron chi connectivity index (χ3n) is 4.93. The first-order chi connectivity index (χ1) is 14.5. The number of amides is 1. The van der Waals surface area contributed by atoms with Crippen molar-refractivity contribution in [3.63, 3.8) is 0 Å². The SMILES string of the molecule is CCn1cc(C(=O)NCc2cncc(-c3cnn(C)c3)c2)c(=O)c2ccc(C)nc21. The Labute approximate surface area is 173 Å². The Balaban J connectivity index is 1.59. The molecule has 1 amide bonds. The van der Waals surface area contributed by atoms with Gasteiger partial charge in [-0.2, -0.15) is 5.10 Å². The average molecular weight is 402 g/mol. The molecule has 0 atom stereocenters. The van der Waals surface area contributed by atoms with Crippen molar-refractivity contribution in [3.05, 3.63) is 76.2 Å². The molecule has 4 rings (SSSR count). The van der Waals surface area contributed by atoms with E-state index in [-0.39, 0.29) is 17.5 Å². The normalized spacial score (nSPS) is 11.0. The zero-order chi connectivity index (χ0) is 21.3. The molecule has 1 N–H and O–H groups in total. The lowest BCUT2D eigenvalue weighted by Crippen LogP contribution is -2.29. The first-order valence-electron chi connectivity index (χ1n) is 9.68. The number of hydrogen-bond donors (Lipinski definition) is 1. The molecule has 0 fully saturated rings. The third kappa shape index (κ3) is 3.71. The van der Waals surface area contributed by atoms with E-state index in [2.05, 4.69) is 20.4 Å². The predicted octanol–water partition coefficient (Wildman–Crippen LogP) is 2.45. The number of aryl methyl sites for hydroxylation is 3. The van der Waals surface area contributed by atoms with E-state index >= 15 is 0 Å². The van der Waals surface area contributed by atoms with Crippen molar-refractivity contribution in [2.45, 2.75) is 26.9 Å². The van der Waals surface area contributed by atoms with Crippen molar-refractivity contribution in [2.75, 3.05) is 0 Å². The minimum atomic E-state index is -0.420. The standard InChI is InChI=1S/C22H22N6O2/c1-4-28-13-19(20(29)18-6-5-14(2)26-21(18)28)22(30)24-9-15-7-16(10-23-8-15)17-11-25-27(3)12-17/h5-8,10-13H,4,9H2,1-3H3,(H,24,30). The summed E-state index contributed by atoms with van der Waals surface area (Å²) < 4.78 is 3.54. The molecule has 4 heterocycles. The van der Waals surface area contributed by atoms with Gasteiger partial charge in [0.05, 0.1) is 11.6 Å². The van der Waals surface area contributed by atoms with Gasteiger partial charge in [0.25, 0.3) is 5.91 Å². The molecular weight excluding hydrogens is 380 g/mol.